The number of amides is 1. The van der Waals surface area contributed by atoms with Crippen molar-refractivity contribution in [1.29, 1.82) is 0 Å². The average molecular weight is 498 g/mol. The Labute approximate surface area is 197 Å². The fourth-order valence-electron chi connectivity index (χ4n) is 3.23. The number of aliphatic hydroxyl groups is 1. The summed E-state index contributed by atoms with van der Waals surface area (Å²) in [5.74, 6) is -5.09. The summed E-state index contributed by atoms with van der Waals surface area (Å²) in [4.78, 5) is 43.6. The van der Waals surface area contributed by atoms with Crippen LogP contribution in [0.4, 0.5) is 19.4 Å². The van der Waals surface area contributed by atoms with E-state index in [1.807, 2.05) is 0 Å². The van der Waals surface area contributed by atoms with E-state index in [9.17, 15) is 28.3 Å². The Bertz CT molecular complexity index is 1070. The predicted octanol–water partition coefficient (Wildman–Crippen LogP) is 0.903. The maximum absolute atomic E-state index is 14.9. The van der Waals surface area contributed by atoms with E-state index in [4.69, 9.17) is 18.9 Å². The number of halogens is 2. The van der Waals surface area contributed by atoms with Crippen LogP contribution in [0.15, 0.2) is 41.6 Å². The minimum atomic E-state index is -3.99. The number of pyridine rings is 1. The number of carbonyl (C=O) groups excluding carboxylic acids is 2. The Morgan fingerprint density at radius 1 is 1.26 bits per heavy atom. The molecule has 35 heavy (non-hydrogen) atoms. The number of nitrogens with zero attached hydrogens (tertiary/aromatic N) is 3. The highest BCUT2D eigenvalue weighted by Gasteiger charge is 2.60. The molecule has 3 rings (SSSR count). The lowest BCUT2D eigenvalue weighted by Gasteiger charge is -2.23. The molecule has 1 aliphatic heterocycles. The van der Waals surface area contributed by atoms with Crippen LogP contribution in [0, 0.1) is 0 Å². The first-order valence-corrected chi connectivity index (χ1v) is 10.5. The van der Waals surface area contributed by atoms with Crippen molar-refractivity contribution in [3.8, 4) is 0 Å². The van der Waals surface area contributed by atoms with E-state index < -0.39 is 54.5 Å². The lowest BCUT2D eigenvalue weighted by atomic mass is 10.1. The molecule has 3 atom stereocenters. The van der Waals surface area contributed by atoms with Crippen LogP contribution in [0.2, 0.25) is 0 Å². The van der Waals surface area contributed by atoms with Crippen molar-refractivity contribution in [2.75, 3.05) is 32.2 Å². The van der Waals surface area contributed by atoms with Gasteiger partial charge in [-0.1, -0.05) is 6.07 Å². The van der Waals surface area contributed by atoms with Gasteiger partial charge < -0.3 is 24.1 Å². The quantitative estimate of drug-likeness (QED) is 0.357. The molecule has 0 saturated carbocycles. The number of carbonyl (C=O) groups is 2. The van der Waals surface area contributed by atoms with Gasteiger partial charge in [0.15, 0.2) is 6.10 Å². The van der Waals surface area contributed by atoms with E-state index in [1.165, 1.54) is 7.11 Å². The summed E-state index contributed by atoms with van der Waals surface area (Å²) in [6.07, 6.45) is -3.01. The van der Waals surface area contributed by atoms with E-state index >= 15 is 0 Å². The molecule has 3 heterocycles. The summed E-state index contributed by atoms with van der Waals surface area (Å²) in [5.41, 5.74) is -0.393. The smallest absolute Gasteiger partial charge is 0.412 e. The summed E-state index contributed by atoms with van der Waals surface area (Å²) in [6.45, 7) is -0.716. The molecule has 1 aliphatic rings. The normalized spacial score (nSPS) is 20.9. The average Bonchev–Trinajstić information content (AvgIpc) is 3.05. The molecule has 0 unspecified atom stereocenters. The van der Waals surface area contributed by atoms with Crippen molar-refractivity contribution < 1.29 is 42.4 Å². The lowest BCUT2D eigenvalue weighted by Crippen LogP contribution is -2.42. The van der Waals surface area contributed by atoms with Crippen LogP contribution in [-0.2, 0) is 30.2 Å². The van der Waals surface area contributed by atoms with Gasteiger partial charge in [0.1, 0.15) is 25.1 Å². The zero-order valence-electron chi connectivity index (χ0n) is 18.6. The summed E-state index contributed by atoms with van der Waals surface area (Å²) in [5, 5.41) is 12.3. The number of hydrogen-bond acceptors (Lipinski definition) is 10. The van der Waals surface area contributed by atoms with E-state index in [0.717, 1.165) is 17.8 Å². The van der Waals surface area contributed by atoms with Crippen LogP contribution in [0.25, 0.3) is 0 Å². The minimum absolute atomic E-state index is 0.0460. The molecule has 2 aromatic heterocycles. The van der Waals surface area contributed by atoms with E-state index in [2.05, 4.69) is 15.3 Å². The number of ether oxygens (including phenoxy) is 4. The summed E-state index contributed by atoms with van der Waals surface area (Å²) in [7, 11) is 1.39. The Hall–Kier alpha value is -3.49. The van der Waals surface area contributed by atoms with Gasteiger partial charge in [0.05, 0.1) is 6.61 Å². The zero-order chi connectivity index (χ0) is 25.4. The molecular formula is C21H24F2N4O8. The van der Waals surface area contributed by atoms with Gasteiger partial charge in [-0.15, -0.1) is 0 Å². The third-order valence-electron chi connectivity index (χ3n) is 5.00. The third kappa shape index (κ3) is 6.55. The Balaban J connectivity index is 1.67. The number of nitrogens with one attached hydrogen (secondary N) is 1. The molecule has 2 aromatic rings. The number of aromatic nitrogens is 3. The van der Waals surface area contributed by atoms with Gasteiger partial charge in [-0.25, -0.2) is 19.1 Å². The highest BCUT2D eigenvalue weighted by Crippen LogP contribution is 2.43. The number of hydrogen-bond donors (Lipinski definition) is 2. The second-order valence-electron chi connectivity index (χ2n) is 7.43. The lowest BCUT2D eigenvalue weighted by molar-refractivity contribution is -0.150. The monoisotopic (exact) mass is 498 g/mol. The fraction of sp³-hybridized carbons (Fsp3) is 0.476. The first-order valence-electron chi connectivity index (χ1n) is 10.5. The number of methoxy groups -OCH3 is 1. The van der Waals surface area contributed by atoms with Crippen molar-refractivity contribution in [2.24, 2.45) is 0 Å². The number of rotatable bonds is 10. The molecule has 0 aliphatic carbocycles. The van der Waals surface area contributed by atoms with Crippen LogP contribution in [0.3, 0.4) is 0 Å². The number of aliphatic hydroxyl groups excluding tert-OH is 1. The standard InChI is InChI=1S/C21H24F2N4O8/c1-32-9-10-33-20(31)26-15-6-8-25-19(30)27(15)18-21(22,23)17(29)14(35-18)12-34-16(28)5-4-13-3-2-7-24-11-13/h2-3,6-8,11,14,17-18,29H,4-5,9-10,12H2,1H3,(H,26,31)/t14-,17-,18-/m1/s1. The zero-order valence-corrected chi connectivity index (χ0v) is 18.6. The van der Waals surface area contributed by atoms with Crippen LogP contribution in [0.1, 0.15) is 18.2 Å². The SMILES string of the molecule is COCCOC(=O)Nc1ccnc(=O)n1[C@@H]1O[C@H](COC(=O)CCc2cccnc2)[C@@H](O)C1(F)F. The van der Waals surface area contributed by atoms with Gasteiger partial charge in [0, 0.05) is 32.1 Å². The molecular weight excluding hydrogens is 474 g/mol. The van der Waals surface area contributed by atoms with Gasteiger partial charge in [-0.05, 0) is 24.1 Å². The largest absolute Gasteiger partial charge is 0.463 e. The summed E-state index contributed by atoms with van der Waals surface area (Å²) < 4.78 is 49.9. The first-order chi connectivity index (χ1) is 16.7. The molecule has 190 valence electrons. The molecule has 12 nitrogen and oxygen atoms in total. The molecule has 2 N–H and O–H groups in total. The highest BCUT2D eigenvalue weighted by atomic mass is 19.3. The fourth-order valence-corrected chi connectivity index (χ4v) is 3.23. The van der Waals surface area contributed by atoms with Crippen molar-refractivity contribution in [1.82, 2.24) is 14.5 Å². The van der Waals surface area contributed by atoms with Crippen molar-refractivity contribution in [3.63, 3.8) is 0 Å². The van der Waals surface area contributed by atoms with Gasteiger partial charge in [0.2, 0.25) is 6.23 Å². The van der Waals surface area contributed by atoms with Crippen LogP contribution >= 0.6 is 0 Å². The molecule has 14 heteroatoms. The van der Waals surface area contributed by atoms with Crippen LogP contribution < -0.4 is 11.0 Å². The second kappa shape index (κ2) is 11.8. The van der Waals surface area contributed by atoms with Gasteiger partial charge in [0.25, 0.3) is 0 Å². The highest BCUT2D eigenvalue weighted by molar-refractivity contribution is 5.83. The van der Waals surface area contributed by atoms with Crippen molar-refractivity contribution >= 4 is 17.9 Å². The van der Waals surface area contributed by atoms with E-state index in [0.29, 0.717) is 11.0 Å². The third-order valence-corrected chi connectivity index (χ3v) is 5.00. The van der Waals surface area contributed by atoms with E-state index in [-0.39, 0.29) is 19.6 Å². The molecule has 1 amide bonds. The topological polar surface area (TPSA) is 151 Å². The first kappa shape index (κ1) is 26.1. The van der Waals surface area contributed by atoms with Crippen molar-refractivity contribution in [2.45, 2.75) is 37.2 Å². The number of alkyl halides is 2. The maximum Gasteiger partial charge on any atom is 0.412 e. The maximum atomic E-state index is 14.9. The molecule has 0 bridgehead atoms. The Morgan fingerprint density at radius 2 is 2.06 bits per heavy atom. The van der Waals surface area contributed by atoms with Crippen LogP contribution in [-0.4, -0.2) is 76.8 Å². The van der Waals surface area contributed by atoms with Gasteiger partial charge in [-0.3, -0.25) is 15.1 Å². The van der Waals surface area contributed by atoms with E-state index in [1.54, 1.807) is 24.5 Å². The Morgan fingerprint density at radius 3 is 2.77 bits per heavy atom. The number of aryl methyl sites for hydroxylation is 1. The molecule has 1 saturated heterocycles. The number of esters is 1. The number of anilines is 1. The Kier molecular flexibility index (Phi) is 8.78. The second-order valence-corrected chi connectivity index (χ2v) is 7.43. The predicted molar refractivity (Wildman–Crippen MR) is 114 cm³/mol. The molecule has 1 fully saturated rings. The summed E-state index contributed by atoms with van der Waals surface area (Å²) in [6, 6.07) is 4.55. The molecule has 0 spiro atoms. The molecule has 0 radical (unpaired) electrons. The molecule has 0 aromatic carbocycles. The minimum Gasteiger partial charge on any atom is -0.463 e. The van der Waals surface area contributed by atoms with Gasteiger partial charge >= 0.3 is 23.7 Å². The van der Waals surface area contributed by atoms with Crippen molar-refractivity contribution in [3.05, 3.63) is 52.8 Å². The summed E-state index contributed by atoms with van der Waals surface area (Å²) >= 11 is 0. The van der Waals surface area contributed by atoms with Gasteiger partial charge in [-0.2, -0.15) is 8.78 Å². The van der Waals surface area contributed by atoms with Crippen LogP contribution in [0.5, 0.6) is 0 Å².